The van der Waals surface area contributed by atoms with Crippen LogP contribution < -0.4 is 11.1 Å². The monoisotopic (exact) mass is 200 g/mol. The van der Waals surface area contributed by atoms with Crippen molar-refractivity contribution < 1.29 is 9.90 Å². The quantitative estimate of drug-likeness (QED) is 0.571. The van der Waals surface area contributed by atoms with Crippen molar-refractivity contribution in [2.24, 2.45) is 5.73 Å². The van der Waals surface area contributed by atoms with Crippen LogP contribution in [0, 0.1) is 0 Å². The van der Waals surface area contributed by atoms with Crippen molar-refractivity contribution >= 4 is 5.91 Å². The first-order valence-electron chi connectivity index (χ1n) is 5.39. The van der Waals surface area contributed by atoms with Gasteiger partial charge in [0.1, 0.15) is 6.10 Å². The van der Waals surface area contributed by atoms with E-state index in [-0.39, 0.29) is 11.9 Å². The van der Waals surface area contributed by atoms with E-state index in [4.69, 9.17) is 5.73 Å². The van der Waals surface area contributed by atoms with Gasteiger partial charge in [-0.25, -0.2) is 0 Å². The second-order valence-corrected chi connectivity index (χ2v) is 4.03. The Kier molecular flexibility index (Phi) is 4.35. The first kappa shape index (κ1) is 11.5. The van der Waals surface area contributed by atoms with E-state index in [0.29, 0.717) is 6.42 Å². The molecule has 14 heavy (non-hydrogen) atoms. The molecule has 0 aliphatic heterocycles. The van der Waals surface area contributed by atoms with Crippen LogP contribution in [0.5, 0.6) is 0 Å². The third kappa shape index (κ3) is 3.64. The maximum atomic E-state index is 11.4. The molecule has 0 bridgehead atoms. The molecular formula is C10H20N2O2. The van der Waals surface area contributed by atoms with Crippen LogP contribution in [0.25, 0.3) is 0 Å². The molecule has 1 aliphatic rings. The van der Waals surface area contributed by atoms with E-state index in [1.54, 1.807) is 0 Å². The van der Waals surface area contributed by atoms with Crippen LogP contribution >= 0.6 is 0 Å². The summed E-state index contributed by atoms with van der Waals surface area (Å²) in [5.41, 5.74) is 5.69. The number of rotatable bonds is 6. The summed E-state index contributed by atoms with van der Waals surface area (Å²) in [5, 5.41) is 12.3. The Labute approximate surface area is 84.9 Å². The van der Waals surface area contributed by atoms with Gasteiger partial charge in [-0.3, -0.25) is 4.79 Å². The third-order valence-corrected chi connectivity index (χ3v) is 2.49. The second-order valence-electron chi connectivity index (χ2n) is 4.03. The minimum Gasteiger partial charge on any atom is -0.382 e. The van der Waals surface area contributed by atoms with Crippen molar-refractivity contribution in [3.63, 3.8) is 0 Å². The summed E-state index contributed by atoms with van der Waals surface area (Å²) in [6.07, 6.45) is 3.71. The largest absolute Gasteiger partial charge is 0.382 e. The molecule has 0 aromatic heterocycles. The molecule has 1 rings (SSSR count). The van der Waals surface area contributed by atoms with Crippen LogP contribution in [0.15, 0.2) is 0 Å². The predicted octanol–water partition coefficient (Wildman–Crippen LogP) is 0.143. The molecule has 2 atom stereocenters. The van der Waals surface area contributed by atoms with Crippen LogP contribution in [0.3, 0.4) is 0 Å². The van der Waals surface area contributed by atoms with Crippen LogP contribution in [-0.2, 0) is 4.79 Å². The number of hydrogen-bond acceptors (Lipinski definition) is 3. The fourth-order valence-corrected chi connectivity index (χ4v) is 1.31. The number of nitrogens with one attached hydrogen (secondary N) is 1. The van der Waals surface area contributed by atoms with Gasteiger partial charge in [-0.1, -0.05) is 19.8 Å². The maximum absolute atomic E-state index is 11.4. The van der Waals surface area contributed by atoms with Gasteiger partial charge >= 0.3 is 0 Å². The standard InChI is InChI=1S/C10H20N2O2/c1-2-3-4-8(11)9(13)10(14)12-7-5-6-7/h7-9,13H,2-6,11H2,1H3,(H,12,14). The molecule has 0 radical (unpaired) electrons. The summed E-state index contributed by atoms with van der Waals surface area (Å²) in [6, 6.07) is -0.135. The normalized spacial score (nSPS) is 20.2. The van der Waals surface area contributed by atoms with Gasteiger partial charge in [-0.05, 0) is 19.3 Å². The number of hydrogen-bond donors (Lipinski definition) is 3. The zero-order valence-electron chi connectivity index (χ0n) is 8.70. The smallest absolute Gasteiger partial charge is 0.250 e. The van der Waals surface area contributed by atoms with Crippen LogP contribution in [0.1, 0.15) is 39.0 Å². The highest BCUT2D eigenvalue weighted by Gasteiger charge is 2.28. The van der Waals surface area contributed by atoms with Gasteiger partial charge in [0, 0.05) is 12.1 Å². The van der Waals surface area contributed by atoms with Gasteiger partial charge in [0.25, 0.3) is 5.91 Å². The molecule has 0 aromatic rings. The highest BCUT2D eigenvalue weighted by molar-refractivity contribution is 5.81. The summed E-state index contributed by atoms with van der Waals surface area (Å²) < 4.78 is 0. The van der Waals surface area contributed by atoms with Crippen molar-refractivity contribution in [2.75, 3.05) is 0 Å². The van der Waals surface area contributed by atoms with Gasteiger partial charge in [-0.2, -0.15) is 0 Å². The molecule has 4 heteroatoms. The molecule has 4 N–H and O–H groups in total. The van der Waals surface area contributed by atoms with E-state index in [9.17, 15) is 9.90 Å². The summed E-state index contributed by atoms with van der Waals surface area (Å²) in [6.45, 7) is 2.06. The molecule has 0 spiro atoms. The molecule has 0 aromatic carbocycles. The van der Waals surface area contributed by atoms with Gasteiger partial charge in [0.2, 0.25) is 0 Å². The fraction of sp³-hybridized carbons (Fsp3) is 0.900. The van der Waals surface area contributed by atoms with E-state index < -0.39 is 12.1 Å². The molecular weight excluding hydrogens is 180 g/mol. The number of carbonyl (C=O) groups excluding carboxylic acids is 1. The molecule has 1 amide bonds. The van der Waals surface area contributed by atoms with Gasteiger partial charge < -0.3 is 16.2 Å². The van der Waals surface area contributed by atoms with Crippen LogP contribution in [0.4, 0.5) is 0 Å². The van der Waals surface area contributed by atoms with Gasteiger partial charge in [0.05, 0.1) is 0 Å². The molecule has 82 valence electrons. The predicted molar refractivity (Wildman–Crippen MR) is 54.7 cm³/mol. The van der Waals surface area contributed by atoms with Crippen LogP contribution in [0.2, 0.25) is 0 Å². The van der Waals surface area contributed by atoms with Crippen molar-refractivity contribution in [1.82, 2.24) is 5.32 Å². The Balaban J connectivity index is 2.22. The van der Waals surface area contributed by atoms with Crippen molar-refractivity contribution in [3.05, 3.63) is 0 Å². The van der Waals surface area contributed by atoms with Gasteiger partial charge in [-0.15, -0.1) is 0 Å². The number of carbonyl (C=O) groups is 1. The number of aliphatic hydroxyl groups excluding tert-OH is 1. The zero-order valence-corrected chi connectivity index (χ0v) is 8.70. The molecule has 4 nitrogen and oxygen atoms in total. The van der Waals surface area contributed by atoms with Crippen molar-refractivity contribution in [1.29, 1.82) is 0 Å². The topological polar surface area (TPSA) is 75.3 Å². The number of unbranched alkanes of at least 4 members (excludes halogenated alkanes) is 1. The molecule has 2 unspecified atom stereocenters. The first-order valence-corrected chi connectivity index (χ1v) is 5.39. The molecule has 1 saturated carbocycles. The van der Waals surface area contributed by atoms with Crippen LogP contribution in [-0.4, -0.2) is 29.2 Å². The average molecular weight is 200 g/mol. The molecule has 0 heterocycles. The SMILES string of the molecule is CCCCC(N)C(O)C(=O)NC1CC1. The summed E-state index contributed by atoms with van der Waals surface area (Å²) in [4.78, 5) is 11.4. The zero-order chi connectivity index (χ0) is 10.6. The lowest BCUT2D eigenvalue weighted by Crippen LogP contribution is -2.46. The third-order valence-electron chi connectivity index (χ3n) is 2.49. The summed E-state index contributed by atoms with van der Waals surface area (Å²) in [7, 11) is 0. The Morgan fingerprint density at radius 2 is 2.29 bits per heavy atom. The van der Waals surface area contributed by atoms with E-state index in [1.165, 1.54) is 0 Å². The summed E-state index contributed by atoms with van der Waals surface area (Å²) in [5.74, 6) is -0.309. The van der Waals surface area contributed by atoms with E-state index >= 15 is 0 Å². The van der Waals surface area contributed by atoms with E-state index in [0.717, 1.165) is 25.7 Å². The average Bonchev–Trinajstić information content (AvgIpc) is 2.96. The minimum atomic E-state index is -1.04. The van der Waals surface area contributed by atoms with Gasteiger partial charge in [0.15, 0.2) is 0 Å². The molecule has 1 fully saturated rings. The van der Waals surface area contributed by atoms with E-state index in [1.807, 2.05) is 0 Å². The number of nitrogens with two attached hydrogens (primary N) is 1. The second kappa shape index (κ2) is 5.32. The van der Waals surface area contributed by atoms with Crippen molar-refractivity contribution in [2.45, 2.75) is 57.2 Å². The van der Waals surface area contributed by atoms with E-state index in [2.05, 4.69) is 12.2 Å². The lowest BCUT2D eigenvalue weighted by Gasteiger charge is -2.17. The molecule has 0 saturated heterocycles. The Morgan fingerprint density at radius 1 is 1.64 bits per heavy atom. The Bertz CT molecular complexity index is 193. The lowest BCUT2D eigenvalue weighted by molar-refractivity contribution is -0.130. The van der Waals surface area contributed by atoms with Crippen molar-refractivity contribution in [3.8, 4) is 0 Å². The first-order chi connectivity index (χ1) is 6.65. The highest BCUT2D eigenvalue weighted by Crippen LogP contribution is 2.18. The maximum Gasteiger partial charge on any atom is 0.250 e. The number of aliphatic hydroxyl groups is 1. The Hall–Kier alpha value is -0.610. The number of amides is 1. The molecule has 1 aliphatic carbocycles. The Morgan fingerprint density at radius 3 is 2.79 bits per heavy atom. The lowest BCUT2D eigenvalue weighted by atomic mass is 10.0. The minimum absolute atomic E-state index is 0.288. The fourth-order valence-electron chi connectivity index (χ4n) is 1.31. The summed E-state index contributed by atoms with van der Waals surface area (Å²) >= 11 is 0. The highest BCUT2D eigenvalue weighted by atomic mass is 16.3.